The van der Waals surface area contributed by atoms with Crippen molar-refractivity contribution in [2.24, 2.45) is 11.5 Å². The van der Waals surface area contributed by atoms with Crippen molar-refractivity contribution in [3.63, 3.8) is 0 Å². The summed E-state index contributed by atoms with van der Waals surface area (Å²) in [4.78, 5) is 3.42. The molecule has 3 rings (SSSR count). The lowest BCUT2D eigenvalue weighted by atomic mass is 10.1. The SMILES string of the molecule is NCCCOc1ccc2c(c1)[nH]c1ccc(OCCCN)cc12. The number of H-pyrrole nitrogens is 1. The quantitative estimate of drug-likeness (QED) is 0.558. The number of hydrogen-bond donors (Lipinski definition) is 3. The molecule has 0 saturated carbocycles. The summed E-state index contributed by atoms with van der Waals surface area (Å²) in [5.74, 6) is 1.73. The van der Waals surface area contributed by atoms with Crippen molar-refractivity contribution >= 4 is 21.8 Å². The topological polar surface area (TPSA) is 86.3 Å². The molecule has 0 aliphatic heterocycles. The summed E-state index contributed by atoms with van der Waals surface area (Å²) >= 11 is 0. The fraction of sp³-hybridized carbons (Fsp3) is 0.333. The molecule has 3 aromatic rings. The summed E-state index contributed by atoms with van der Waals surface area (Å²) in [5.41, 5.74) is 13.1. The van der Waals surface area contributed by atoms with Gasteiger partial charge in [0, 0.05) is 22.4 Å². The molecule has 0 bridgehead atoms. The first-order valence-electron chi connectivity index (χ1n) is 8.03. The maximum Gasteiger partial charge on any atom is 0.121 e. The summed E-state index contributed by atoms with van der Waals surface area (Å²) in [6.45, 7) is 2.56. The van der Waals surface area contributed by atoms with Gasteiger partial charge in [0.05, 0.1) is 18.7 Å². The van der Waals surface area contributed by atoms with E-state index in [9.17, 15) is 0 Å². The van der Waals surface area contributed by atoms with E-state index in [1.54, 1.807) is 0 Å². The molecular weight excluding hydrogens is 290 g/mol. The lowest BCUT2D eigenvalue weighted by Gasteiger charge is -2.05. The zero-order chi connectivity index (χ0) is 16.1. The van der Waals surface area contributed by atoms with Crippen molar-refractivity contribution in [3.05, 3.63) is 36.4 Å². The molecule has 0 unspecified atom stereocenters. The van der Waals surface area contributed by atoms with Crippen LogP contribution in [-0.4, -0.2) is 31.3 Å². The van der Waals surface area contributed by atoms with Gasteiger partial charge in [-0.05, 0) is 56.3 Å². The zero-order valence-corrected chi connectivity index (χ0v) is 13.2. The van der Waals surface area contributed by atoms with Crippen LogP contribution in [0, 0.1) is 0 Å². The molecule has 1 aromatic heterocycles. The summed E-state index contributed by atoms with van der Waals surface area (Å²) in [5, 5.41) is 2.31. The molecule has 2 aromatic carbocycles. The van der Waals surface area contributed by atoms with Crippen molar-refractivity contribution in [3.8, 4) is 11.5 Å². The minimum Gasteiger partial charge on any atom is -0.494 e. The smallest absolute Gasteiger partial charge is 0.121 e. The molecule has 0 spiro atoms. The Balaban J connectivity index is 1.86. The Hall–Kier alpha value is -2.24. The van der Waals surface area contributed by atoms with Crippen LogP contribution in [0.4, 0.5) is 0 Å². The molecule has 122 valence electrons. The second-order valence-corrected chi connectivity index (χ2v) is 5.52. The van der Waals surface area contributed by atoms with Crippen molar-refractivity contribution < 1.29 is 9.47 Å². The Labute approximate surface area is 135 Å². The molecule has 0 amide bonds. The number of hydrogen-bond acceptors (Lipinski definition) is 4. The van der Waals surface area contributed by atoms with E-state index in [-0.39, 0.29) is 0 Å². The molecule has 0 fully saturated rings. The number of nitrogens with one attached hydrogen (secondary N) is 1. The van der Waals surface area contributed by atoms with Gasteiger partial charge in [-0.25, -0.2) is 0 Å². The maximum atomic E-state index is 5.73. The van der Waals surface area contributed by atoms with Crippen LogP contribution in [0.25, 0.3) is 21.8 Å². The van der Waals surface area contributed by atoms with E-state index in [4.69, 9.17) is 20.9 Å². The Morgan fingerprint density at radius 1 is 0.739 bits per heavy atom. The van der Waals surface area contributed by atoms with Gasteiger partial charge in [-0.2, -0.15) is 0 Å². The molecule has 5 N–H and O–H groups in total. The lowest BCUT2D eigenvalue weighted by Crippen LogP contribution is -2.05. The predicted octanol–water partition coefficient (Wildman–Crippen LogP) is 2.78. The van der Waals surface area contributed by atoms with E-state index >= 15 is 0 Å². The summed E-state index contributed by atoms with van der Waals surface area (Å²) in [7, 11) is 0. The molecule has 0 saturated heterocycles. The fourth-order valence-corrected chi connectivity index (χ4v) is 2.59. The van der Waals surface area contributed by atoms with Crippen LogP contribution in [0.3, 0.4) is 0 Å². The van der Waals surface area contributed by atoms with Crippen molar-refractivity contribution in [2.75, 3.05) is 26.3 Å². The summed E-state index contributed by atoms with van der Waals surface area (Å²) in [6, 6.07) is 12.2. The summed E-state index contributed by atoms with van der Waals surface area (Å²) in [6.07, 6.45) is 1.71. The highest BCUT2D eigenvalue weighted by Crippen LogP contribution is 2.31. The first-order valence-corrected chi connectivity index (χ1v) is 8.03. The van der Waals surface area contributed by atoms with Crippen LogP contribution in [0.15, 0.2) is 36.4 Å². The molecule has 0 aliphatic carbocycles. The lowest BCUT2D eigenvalue weighted by molar-refractivity contribution is 0.313. The molecule has 5 nitrogen and oxygen atoms in total. The van der Waals surface area contributed by atoms with E-state index in [2.05, 4.69) is 17.1 Å². The Morgan fingerprint density at radius 2 is 1.39 bits per heavy atom. The molecule has 0 aliphatic rings. The van der Waals surface area contributed by atoms with Crippen molar-refractivity contribution in [1.82, 2.24) is 4.98 Å². The number of aromatic amines is 1. The van der Waals surface area contributed by atoms with Gasteiger partial charge in [0.1, 0.15) is 11.5 Å². The zero-order valence-electron chi connectivity index (χ0n) is 13.2. The van der Waals surface area contributed by atoms with Gasteiger partial charge in [0.15, 0.2) is 0 Å². The van der Waals surface area contributed by atoms with Crippen LogP contribution in [-0.2, 0) is 0 Å². The number of nitrogens with two attached hydrogens (primary N) is 2. The van der Waals surface area contributed by atoms with Gasteiger partial charge in [-0.3, -0.25) is 0 Å². The second-order valence-electron chi connectivity index (χ2n) is 5.52. The molecule has 1 heterocycles. The van der Waals surface area contributed by atoms with Gasteiger partial charge in [0.2, 0.25) is 0 Å². The van der Waals surface area contributed by atoms with Gasteiger partial charge in [-0.15, -0.1) is 0 Å². The largest absolute Gasteiger partial charge is 0.494 e. The Bertz CT molecular complexity index is 782. The average molecular weight is 313 g/mol. The summed E-state index contributed by atoms with van der Waals surface area (Å²) < 4.78 is 11.4. The van der Waals surface area contributed by atoms with Crippen LogP contribution in [0.5, 0.6) is 11.5 Å². The van der Waals surface area contributed by atoms with Crippen molar-refractivity contribution in [2.45, 2.75) is 12.8 Å². The van der Waals surface area contributed by atoms with Crippen LogP contribution in [0.1, 0.15) is 12.8 Å². The first-order chi connectivity index (χ1) is 11.3. The van der Waals surface area contributed by atoms with Crippen LogP contribution in [0.2, 0.25) is 0 Å². The third kappa shape index (κ3) is 3.57. The van der Waals surface area contributed by atoms with E-state index in [1.807, 2.05) is 24.3 Å². The van der Waals surface area contributed by atoms with Crippen LogP contribution < -0.4 is 20.9 Å². The molecule has 23 heavy (non-hydrogen) atoms. The Kier molecular flexibility index (Phi) is 5.00. The molecule has 0 atom stereocenters. The fourth-order valence-electron chi connectivity index (χ4n) is 2.59. The van der Waals surface area contributed by atoms with E-state index in [1.165, 1.54) is 0 Å². The van der Waals surface area contributed by atoms with E-state index < -0.39 is 0 Å². The number of fused-ring (bicyclic) bond motifs is 3. The molecule has 0 radical (unpaired) electrons. The maximum absolute atomic E-state index is 5.73. The predicted molar refractivity (Wildman–Crippen MR) is 94.1 cm³/mol. The average Bonchev–Trinajstić information content (AvgIpc) is 2.92. The standard InChI is InChI=1S/C18H23N3O2/c19-7-1-9-22-13-4-6-17-16(11-13)15-5-3-14(12-18(15)21-17)23-10-2-8-20/h3-6,11-12,21H,1-2,7-10,19-20H2. The number of benzene rings is 2. The normalized spacial score (nSPS) is 11.2. The van der Waals surface area contributed by atoms with Crippen LogP contribution >= 0.6 is 0 Å². The van der Waals surface area contributed by atoms with Gasteiger partial charge in [0.25, 0.3) is 0 Å². The third-order valence-electron chi connectivity index (χ3n) is 3.78. The second kappa shape index (κ2) is 7.35. The monoisotopic (exact) mass is 313 g/mol. The highest BCUT2D eigenvalue weighted by atomic mass is 16.5. The number of ether oxygens (including phenoxy) is 2. The minimum atomic E-state index is 0.640. The highest BCUT2D eigenvalue weighted by molar-refractivity contribution is 6.08. The van der Waals surface area contributed by atoms with E-state index in [0.29, 0.717) is 26.3 Å². The van der Waals surface area contributed by atoms with Crippen molar-refractivity contribution in [1.29, 1.82) is 0 Å². The van der Waals surface area contributed by atoms with Gasteiger partial charge in [-0.1, -0.05) is 0 Å². The van der Waals surface area contributed by atoms with Gasteiger partial charge < -0.3 is 25.9 Å². The number of rotatable bonds is 8. The van der Waals surface area contributed by atoms with E-state index in [0.717, 1.165) is 46.1 Å². The van der Waals surface area contributed by atoms with Gasteiger partial charge >= 0.3 is 0 Å². The minimum absolute atomic E-state index is 0.640. The third-order valence-corrected chi connectivity index (χ3v) is 3.78. The molecule has 5 heteroatoms. The Morgan fingerprint density at radius 3 is 2.09 bits per heavy atom. The highest BCUT2D eigenvalue weighted by Gasteiger charge is 2.07. The first kappa shape index (κ1) is 15.6. The molecular formula is C18H23N3O2. The number of aromatic nitrogens is 1.